The number of nitrogens with one attached hydrogen (secondary N) is 1. The van der Waals surface area contributed by atoms with E-state index in [9.17, 15) is 9.59 Å². The summed E-state index contributed by atoms with van der Waals surface area (Å²) in [6.45, 7) is 0.538. The lowest BCUT2D eigenvalue weighted by atomic mass is 10.1. The average Bonchev–Trinajstić information content (AvgIpc) is 3.25. The normalized spacial score (nSPS) is 16.9. The number of thiophene rings is 1. The number of methoxy groups -OCH3 is 1. The highest BCUT2D eigenvalue weighted by atomic mass is 35.5. The Morgan fingerprint density at radius 2 is 2.21 bits per heavy atom. The van der Waals surface area contributed by atoms with Crippen LogP contribution in [0.5, 0.6) is 5.75 Å². The van der Waals surface area contributed by atoms with Crippen molar-refractivity contribution in [3.63, 3.8) is 0 Å². The molecule has 0 aliphatic carbocycles. The van der Waals surface area contributed by atoms with Gasteiger partial charge in [0.15, 0.2) is 0 Å². The molecule has 0 bridgehead atoms. The zero-order valence-corrected chi connectivity index (χ0v) is 14.7. The van der Waals surface area contributed by atoms with E-state index in [-0.39, 0.29) is 11.8 Å². The molecular weight excluding hydrogens is 348 g/mol. The first-order chi connectivity index (χ1) is 11.6. The Labute approximate surface area is 149 Å². The summed E-state index contributed by atoms with van der Waals surface area (Å²) >= 11 is 7.52. The van der Waals surface area contributed by atoms with Gasteiger partial charge in [0.1, 0.15) is 11.8 Å². The zero-order chi connectivity index (χ0) is 17.1. The molecule has 2 aromatic rings. The smallest absolute Gasteiger partial charge is 0.258 e. The number of hydrogen-bond acceptors (Lipinski definition) is 4. The second kappa shape index (κ2) is 7.23. The van der Waals surface area contributed by atoms with E-state index in [0.717, 1.165) is 12.1 Å². The number of anilines is 1. The lowest BCUT2D eigenvalue weighted by Gasteiger charge is -2.24. The van der Waals surface area contributed by atoms with Crippen LogP contribution in [-0.4, -0.2) is 36.4 Å². The second-order valence-corrected chi connectivity index (χ2v) is 6.72. The number of carbonyl (C=O) groups excluding carboxylic acids is 2. The molecule has 1 saturated heterocycles. The molecule has 3 rings (SSSR count). The number of nitrogens with zero attached hydrogens (tertiary/aromatic N) is 1. The Morgan fingerprint density at radius 3 is 2.92 bits per heavy atom. The highest BCUT2D eigenvalue weighted by molar-refractivity contribution is 7.08. The fourth-order valence-electron chi connectivity index (χ4n) is 2.85. The fraction of sp³-hybridized carbons (Fsp3) is 0.294. The van der Waals surface area contributed by atoms with Gasteiger partial charge in [-0.15, -0.1) is 0 Å². The van der Waals surface area contributed by atoms with Crippen molar-refractivity contribution >= 4 is 40.4 Å². The second-order valence-electron chi connectivity index (χ2n) is 5.50. The van der Waals surface area contributed by atoms with Gasteiger partial charge in [0.2, 0.25) is 5.91 Å². The third-order valence-corrected chi connectivity index (χ3v) is 4.92. The summed E-state index contributed by atoms with van der Waals surface area (Å²) < 4.78 is 5.26. The van der Waals surface area contributed by atoms with Crippen LogP contribution in [0.25, 0.3) is 0 Å². The van der Waals surface area contributed by atoms with Crippen molar-refractivity contribution in [3.05, 3.63) is 45.6 Å². The van der Waals surface area contributed by atoms with Gasteiger partial charge in [0, 0.05) is 16.9 Å². The van der Waals surface area contributed by atoms with Crippen LogP contribution in [0.2, 0.25) is 5.02 Å². The minimum Gasteiger partial charge on any atom is -0.496 e. The Bertz CT molecular complexity index is 748. The minimum atomic E-state index is -0.485. The van der Waals surface area contributed by atoms with E-state index in [1.54, 1.807) is 23.1 Å². The minimum absolute atomic E-state index is 0.166. The molecule has 24 heavy (non-hydrogen) atoms. The molecule has 1 aliphatic heterocycles. The summed E-state index contributed by atoms with van der Waals surface area (Å²) in [4.78, 5) is 27.0. The van der Waals surface area contributed by atoms with Crippen LogP contribution < -0.4 is 10.1 Å². The van der Waals surface area contributed by atoms with Gasteiger partial charge >= 0.3 is 0 Å². The molecule has 1 N–H and O–H groups in total. The van der Waals surface area contributed by atoms with Gasteiger partial charge in [-0.1, -0.05) is 11.6 Å². The number of ether oxygens (including phenoxy) is 1. The molecule has 1 aliphatic rings. The molecule has 7 heteroatoms. The molecule has 0 saturated carbocycles. The third kappa shape index (κ3) is 3.39. The first kappa shape index (κ1) is 16.8. The molecule has 1 fully saturated rings. The van der Waals surface area contributed by atoms with E-state index >= 15 is 0 Å². The number of halogens is 1. The van der Waals surface area contributed by atoms with Crippen molar-refractivity contribution < 1.29 is 14.3 Å². The van der Waals surface area contributed by atoms with Crippen LogP contribution in [0.1, 0.15) is 23.2 Å². The predicted octanol–water partition coefficient (Wildman–Crippen LogP) is 3.65. The Morgan fingerprint density at radius 1 is 1.38 bits per heavy atom. The summed E-state index contributed by atoms with van der Waals surface area (Å²) in [5.41, 5.74) is 1.13. The van der Waals surface area contributed by atoms with E-state index in [1.807, 2.05) is 16.8 Å². The van der Waals surface area contributed by atoms with E-state index < -0.39 is 6.04 Å². The van der Waals surface area contributed by atoms with E-state index in [4.69, 9.17) is 16.3 Å². The van der Waals surface area contributed by atoms with Crippen LogP contribution in [-0.2, 0) is 4.79 Å². The summed E-state index contributed by atoms with van der Waals surface area (Å²) in [6.07, 6.45) is 1.43. The van der Waals surface area contributed by atoms with Gasteiger partial charge in [-0.2, -0.15) is 11.3 Å². The molecule has 0 radical (unpaired) electrons. The Hall–Kier alpha value is -2.05. The third-order valence-electron chi connectivity index (χ3n) is 4.00. The zero-order valence-electron chi connectivity index (χ0n) is 13.1. The first-order valence-corrected chi connectivity index (χ1v) is 8.90. The van der Waals surface area contributed by atoms with Gasteiger partial charge in [0.25, 0.3) is 5.91 Å². The van der Waals surface area contributed by atoms with Crippen LogP contribution in [0, 0.1) is 0 Å². The number of amides is 2. The van der Waals surface area contributed by atoms with Gasteiger partial charge in [-0.05, 0) is 42.5 Å². The fourth-order valence-corrected chi connectivity index (χ4v) is 3.61. The van der Waals surface area contributed by atoms with Crippen molar-refractivity contribution in [2.24, 2.45) is 0 Å². The Balaban J connectivity index is 1.81. The van der Waals surface area contributed by atoms with Gasteiger partial charge < -0.3 is 15.0 Å². The topological polar surface area (TPSA) is 58.6 Å². The molecule has 126 valence electrons. The molecular formula is C17H17ClN2O3S. The quantitative estimate of drug-likeness (QED) is 0.900. The van der Waals surface area contributed by atoms with E-state index in [0.29, 0.717) is 29.3 Å². The van der Waals surface area contributed by atoms with Crippen molar-refractivity contribution in [2.75, 3.05) is 19.0 Å². The molecule has 1 aromatic carbocycles. The summed E-state index contributed by atoms with van der Waals surface area (Å²) in [7, 11) is 1.50. The van der Waals surface area contributed by atoms with E-state index in [1.165, 1.54) is 18.4 Å². The SMILES string of the molecule is COc1ccc(Cl)cc1C(=O)N1CCCC1C(=O)Nc1ccsc1. The van der Waals surface area contributed by atoms with Crippen molar-refractivity contribution in [3.8, 4) is 5.75 Å². The van der Waals surface area contributed by atoms with Crippen LogP contribution in [0.4, 0.5) is 5.69 Å². The number of benzene rings is 1. The molecule has 5 nitrogen and oxygen atoms in total. The summed E-state index contributed by atoms with van der Waals surface area (Å²) in [5.74, 6) is 0.0471. The molecule has 0 spiro atoms. The molecule has 2 heterocycles. The van der Waals surface area contributed by atoms with Gasteiger partial charge in [0.05, 0.1) is 18.4 Å². The van der Waals surface area contributed by atoms with Crippen molar-refractivity contribution in [1.82, 2.24) is 4.90 Å². The number of likely N-dealkylation sites (tertiary alicyclic amines) is 1. The molecule has 1 atom stereocenters. The lowest BCUT2D eigenvalue weighted by Crippen LogP contribution is -2.43. The number of hydrogen-bond donors (Lipinski definition) is 1. The summed E-state index contributed by atoms with van der Waals surface area (Å²) in [5, 5.41) is 7.07. The highest BCUT2D eigenvalue weighted by Crippen LogP contribution is 2.28. The standard InChI is InChI=1S/C17H17ClN2O3S/c1-23-15-5-4-11(18)9-13(15)17(22)20-7-2-3-14(20)16(21)19-12-6-8-24-10-12/h4-6,8-10,14H,2-3,7H2,1H3,(H,19,21). The molecule has 2 amide bonds. The van der Waals surface area contributed by atoms with E-state index in [2.05, 4.69) is 5.32 Å². The van der Waals surface area contributed by atoms with Crippen LogP contribution >= 0.6 is 22.9 Å². The maximum Gasteiger partial charge on any atom is 0.258 e. The number of rotatable bonds is 4. The monoisotopic (exact) mass is 364 g/mol. The first-order valence-electron chi connectivity index (χ1n) is 7.57. The molecule has 1 aromatic heterocycles. The maximum absolute atomic E-state index is 12.9. The van der Waals surface area contributed by atoms with Gasteiger partial charge in [-0.3, -0.25) is 9.59 Å². The maximum atomic E-state index is 12.9. The van der Waals surface area contributed by atoms with Crippen LogP contribution in [0.3, 0.4) is 0 Å². The largest absolute Gasteiger partial charge is 0.496 e. The molecule has 1 unspecified atom stereocenters. The number of carbonyl (C=O) groups is 2. The predicted molar refractivity (Wildman–Crippen MR) is 95.0 cm³/mol. The van der Waals surface area contributed by atoms with Crippen molar-refractivity contribution in [1.29, 1.82) is 0 Å². The Kier molecular flexibility index (Phi) is 5.06. The lowest BCUT2D eigenvalue weighted by molar-refractivity contribution is -0.119. The average molecular weight is 365 g/mol. The van der Waals surface area contributed by atoms with Gasteiger partial charge in [-0.25, -0.2) is 0 Å². The summed E-state index contributed by atoms with van der Waals surface area (Å²) in [6, 6.07) is 6.26. The highest BCUT2D eigenvalue weighted by Gasteiger charge is 2.35. The van der Waals surface area contributed by atoms with Crippen molar-refractivity contribution in [2.45, 2.75) is 18.9 Å². The van der Waals surface area contributed by atoms with Crippen LogP contribution in [0.15, 0.2) is 35.0 Å².